The van der Waals surface area contributed by atoms with Crippen LogP contribution in [0.2, 0.25) is 0 Å². The Morgan fingerprint density at radius 2 is 2.21 bits per heavy atom. The Hall–Kier alpha value is -1.75. The molecule has 4 atom stereocenters. The molecule has 1 heterocycles. The smallest absolute Gasteiger partial charge is 0.223 e. The average Bonchev–Trinajstić information content (AvgIpc) is 2.96. The van der Waals surface area contributed by atoms with Gasteiger partial charge in [-0.1, -0.05) is 50.7 Å². The molecule has 5 heteroatoms. The van der Waals surface area contributed by atoms with E-state index in [9.17, 15) is 4.79 Å². The number of para-hydroxylation sites is 1. The van der Waals surface area contributed by atoms with Crippen molar-refractivity contribution in [2.75, 3.05) is 0 Å². The van der Waals surface area contributed by atoms with Crippen LogP contribution in [0.1, 0.15) is 51.0 Å². The van der Waals surface area contributed by atoms with Gasteiger partial charge in [-0.25, -0.2) is 0 Å². The first kappa shape index (κ1) is 17.1. The van der Waals surface area contributed by atoms with Gasteiger partial charge in [-0.15, -0.1) is 0 Å². The van der Waals surface area contributed by atoms with Crippen LogP contribution in [-0.4, -0.2) is 22.6 Å². The van der Waals surface area contributed by atoms with E-state index in [0.717, 1.165) is 31.4 Å². The summed E-state index contributed by atoms with van der Waals surface area (Å²) in [6.45, 7) is 4.16. The van der Waals surface area contributed by atoms with Crippen molar-refractivity contribution >= 4 is 34.5 Å². The molecule has 1 amide bonds. The Morgan fingerprint density at radius 1 is 1.46 bits per heavy atom. The zero-order valence-corrected chi connectivity index (χ0v) is 15.1. The lowest BCUT2D eigenvalue weighted by Crippen LogP contribution is -2.50. The highest BCUT2D eigenvalue weighted by molar-refractivity contribution is 7.80. The van der Waals surface area contributed by atoms with Crippen molar-refractivity contribution in [2.45, 2.75) is 51.5 Å². The van der Waals surface area contributed by atoms with Crippen molar-refractivity contribution in [1.29, 1.82) is 0 Å². The van der Waals surface area contributed by atoms with Crippen LogP contribution in [0.4, 0.5) is 5.69 Å². The molecule has 2 aliphatic rings. The zero-order valence-electron chi connectivity index (χ0n) is 14.3. The SMILES string of the molecule is CCC(C)[C@H](NC(=O)C1CCC2=Nc3ccccc3C2C1)C(N)=S. The summed E-state index contributed by atoms with van der Waals surface area (Å²) in [5.41, 5.74) is 9.40. The van der Waals surface area contributed by atoms with Gasteiger partial charge in [0.25, 0.3) is 0 Å². The van der Waals surface area contributed by atoms with Gasteiger partial charge in [0.2, 0.25) is 5.91 Å². The molecule has 24 heavy (non-hydrogen) atoms. The Kier molecular flexibility index (Phi) is 4.99. The maximum atomic E-state index is 12.8. The van der Waals surface area contributed by atoms with E-state index in [1.807, 2.05) is 12.1 Å². The van der Waals surface area contributed by atoms with Crippen molar-refractivity contribution < 1.29 is 4.79 Å². The van der Waals surface area contributed by atoms with E-state index in [1.54, 1.807) is 0 Å². The van der Waals surface area contributed by atoms with E-state index in [2.05, 4.69) is 31.3 Å². The van der Waals surface area contributed by atoms with Gasteiger partial charge >= 0.3 is 0 Å². The van der Waals surface area contributed by atoms with Crippen LogP contribution in [0.25, 0.3) is 0 Å². The number of carbonyl (C=O) groups excluding carboxylic acids is 1. The van der Waals surface area contributed by atoms with Crippen LogP contribution in [0.3, 0.4) is 0 Å². The molecule has 3 N–H and O–H groups in total. The molecule has 3 rings (SSSR count). The third-order valence-corrected chi connectivity index (χ3v) is 5.69. The van der Waals surface area contributed by atoms with Gasteiger partial charge in [-0.05, 0) is 36.8 Å². The van der Waals surface area contributed by atoms with Crippen LogP contribution < -0.4 is 11.1 Å². The van der Waals surface area contributed by atoms with Gasteiger partial charge in [-0.3, -0.25) is 9.79 Å². The summed E-state index contributed by atoms with van der Waals surface area (Å²) in [7, 11) is 0. The number of rotatable bonds is 5. The number of nitrogens with one attached hydrogen (secondary N) is 1. The molecule has 0 bridgehead atoms. The molecule has 1 aromatic carbocycles. The number of hydrogen-bond donors (Lipinski definition) is 2. The van der Waals surface area contributed by atoms with E-state index in [1.165, 1.54) is 11.3 Å². The van der Waals surface area contributed by atoms with Crippen LogP contribution in [0, 0.1) is 11.8 Å². The summed E-state index contributed by atoms with van der Waals surface area (Å²) in [6.07, 6.45) is 3.49. The predicted octanol–water partition coefficient (Wildman–Crippen LogP) is 3.47. The minimum atomic E-state index is -0.219. The van der Waals surface area contributed by atoms with E-state index in [0.29, 0.717) is 4.99 Å². The van der Waals surface area contributed by atoms with Crippen molar-refractivity contribution in [3.8, 4) is 0 Å². The first-order valence-corrected chi connectivity index (χ1v) is 9.18. The molecular formula is C19H25N3OS. The largest absolute Gasteiger partial charge is 0.392 e. The Labute approximate surface area is 148 Å². The van der Waals surface area contributed by atoms with Gasteiger partial charge in [0.1, 0.15) is 0 Å². The number of benzene rings is 1. The number of fused-ring (bicyclic) bond motifs is 3. The molecule has 0 saturated heterocycles. The summed E-state index contributed by atoms with van der Waals surface area (Å²) in [6, 6.07) is 8.04. The van der Waals surface area contributed by atoms with Gasteiger partial charge in [-0.2, -0.15) is 0 Å². The van der Waals surface area contributed by atoms with Gasteiger partial charge in [0, 0.05) is 17.5 Å². The minimum absolute atomic E-state index is 0.000937. The Bertz CT molecular complexity index is 685. The number of hydrogen-bond acceptors (Lipinski definition) is 3. The molecule has 1 saturated carbocycles. The van der Waals surface area contributed by atoms with E-state index in [-0.39, 0.29) is 29.7 Å². The maximum absolute atomic E-state index is 12.8. The molecule has 0 radical (unpaired) electrons. The quantitative estimate of drug-likeness (QED) is 0.804. The van der Waals surface area contributed by atoms with Crippen molar-refractivity contribution in [2.24, 2.45) is 22.6 Å². The number of thiocarbonyl (C=S) groups is 1. The monoisotopic (exact) mass is 343 g/mol. The van der Waals surface area contributed by atoms with Crippen molar-refractivity contribution in [3.05, 3.63) is 29.8 Å². The summed E-state index contributed by atoms with van der Waals surface area (Å²) in [5.74, 6) is 0.620. The fourth-order valence-electron chi connectivity index (χ4n) is 3.75. The fraction of sp³-hybridized carbons (Fsp3) is 0.526. The first-order chi connectivity index (χ1) is 11.5. The van der Waals surface area contributed by atoms with E-state index >= 15 is 0 Å². The third-order valence-electron chi connectivity index (χ3n) is 5.44. The molecule has 1 aliphatic heterocycles. The number of aliphatic imine (C=N–C) groups is 1. The fourth-order valence-corrected chi connectivity index (χ4v) is 4.04. The van der Waals surface area contributed by atoms with Crippen LogP contribution in [-0.2, 0) is 4.79 Å². The summed E-state index contributed by atoms with van der Waals surface area (Å²) < 4.78 is 0. The van der Waals surface area contributed by atoms with Crippen LogP contribution in [0.15, 0.2) is 29.3 Å². The number of amides is 1. The third kappa shape index (κ3) is 3.22. The van der Waals surface area contributed by atoms with E-state index in [4.69, 9.17) is 22.9 Å². The predicted molar refractivity (Wildman–Crippen MR) is 102 cm³/mol. The molecule has 0 aromatic heterocycles. The average molecular weight is 343 g/mol. The molecule has 128 valence electrons. The lowest BCUT2D eigenvalue weighted by molar-refractivity contribution is -0.126. The lowest BCUT2D eigenvalue weighted by Gasteiger charge is -2.30. The standard InChI is InChI=1S/C19H25N3OS/c1-3-11(2)17(18(20)24)22-19(23)12-8-9-16-14(10-12)13-6-4-5-7-15(13)21-16/h4-7,11-12,14,17H,3,8-10H2,1-2H3,(H2,20,24)(H,22,23)/t11?,12?,14?,17-/m0/s1. The molecule has 0 spiro atoms. The van der Waals surface area contributed by atoms with Gasteiger partial charge in [0.15, 0.2) is 0 Å². The second-order valence-corrected chi connectivity index (χ2v) is 7.43. The topological polar surface area (TPSA) is 67.5 Å². The number of nitrogens with zero attached hydrogens (tertiary/aromatic N) is 1. The second kappa shape index (κ2) is 7.01. The summed E-state index contributed by atoms with van der Waals surface area (Å²) >= 11 is 5.15. The molecular weight excluding hydrogens is 318 g/mol. The zero-order chi connectivity index (χ0) is 17.3. The molecule has 3 unspecified atom stereocenters. The van der Waals surface area contributed by atoms with Gasteiger partial charge < -0.3 is 11.1 Å². The maximum Gasteiger partial charge on any atom is 0.223 e. The van der Waals surface area contributed by atoms with Crippen molar-refractivity contribution in [1.82, 2.24) is 5.32 Å². The Morgan fingerprint density at radius 3 is 2.92 bits per heavy atom. The number of nitrogens with two attached hydrogens (primary N) is 1. The lowest BCUT2D eigenvalue weighted by atomic mass is 9.77. The highest BCUT2D eigenvalue weighted by Gasteiger charge is 2.37. The second-order valence-electron chi connectivity index (χ2n) is 6.96. The molecule has 4 nitrogen and oxygen atoms in total. The van der Waals surface area contributed by atoms with Crippen molar-refractivity contribution in [3.63, 3.8) is 0 Å². The summed E-state index contributed by atoms with van der Waals surface area (Å²) in [4.78, 5) is 17.9. The van der Waals surface area contributed by atoms with Crippen LogP contribution in [0.5, 0.6) is 0 Å². The summed E-state index contributed by atoms with van der Waals surface area (Å²) in [5, 5.41) is 3.10. The first-order valence-electron chi connectivity index (χ1n) is 8.77. The van der Waals surface area contributed by atoms with Gasteiger partial charge in [0.05, 0.1) is 16.7 Å². The van der Waals surface area contributed by atoms with Crippen LogP contribution >= 0.6 is 12.2 Å². The van der Waals surface area contributed by atoms with E-state index < -0.39 is 0 Å². The molecule has 1 fully saturated rings. The Balaban J connectivity index is 1.70. The normalized spacial score (nSPS) is 24.3. The minimum Gasteiger partial charge on any atom is -0.392 e. The number of carbonyl (C=O) groups is 1. The molecule has 1 aromatic rings. The highest BCUT2D eigenvalue weighted by atomic mass is 32.1. The molecule has 1 aliphatic carbocycles. The highest BCUT2D eigenvalue weighted by Crippen LogP contribution is 2.44.